The fourth-order valence-corrected chi connectivity index (χ4v) is 3.82. The monoisotopic (exact) mass is 355 g/mol. The number of nitrogens with zero attached hydrogens (tertiary/aromatic N) is 2. The van der Waals surface area contributed by atoms with Crippen molar-refractivity contribution in [3.05, 3.63) is 42.5 Å². The maximum atomic E-state index is 13.2. The standard InChI is InChI=1S/C20H25N3O3/c24-20(18-14-25-16-8-4-5-9-17(16)26-18)23(13-19-21-10-11-22-19)12-15-6-2-1-3-7-15/h4-5,8-11,15,18H,1-3,6-7,12-14H2,(H,21,22). The predicted molar refractivity (Wildman–Crippen MR) is 96.9 cm³/mol. The van der Waals surface area contributed by atoms with Crippen LogP contribution in [0.15, 0.2) is 36.7 Å². The maximum Gasteiger partial charge on any atom is 0.267 e. The molecule has 0 saturated heterocycles. The molecule has 6 nitrogen and oxygen atoms in total. The van der Waals surface area contributed by atoms with Gasteiger partial charge >= 0.3 is 0 Å². The maximum absolute atomic E-state index is 13.2. The van der Waals surface area contributed by atoms with Gasteiger partial charge in [-0.25, -0.2) is 4.98 Å². The van der Waals surface area contributed by atoms with Gasteiger partial charge in [-0.3, -0.25) is 4.79 Å². The van der Waals surface area contributed by atoms with Crippen LogP contribution in [0.5, 0.6) is 11.5 Å². The first-order chi connectivity index (χ1) is 12.8. The highest BCUT2D eigenvalue weighted by molar-refractivity contribution is 5.82. The molecule has 1 atom stereocenters. The zero-order valence-corrected chi connectivity index (χ0v) is 14.9. The third kappa shape index (κ3) is 3.84. The van der Waals surface area contributed by atoms with Crippen LogP contribution in [-0.4, -0.2) is 40.0 Å². The minimum atomic E-state index is -0.608. The van der Waals surface area contributed by atoms with Crippen LogP contribution in [0.4, 0.5) is 0 Å². The molecule has 1 aliphatic heterocycles. The Bertz CT molecular complexity index is 726. The van der Waals surface area contributed by atoms with Crippen molar-refractivity contribution in [1.29, 1.82) is 0 Å². The van der Waals surface area contributed by atoms with Crippen molar-refractivity contribution < 1.29 is 14.3 Å². The number of rotatable bonds is 5. The highest BCUT2D eigenvalue weighted by atomic mass is 16.6. The Balaban J connectivity index is 1.48. The number of hydrogen-bond donors (Lipinski definition) is 1. The van der Waals surface area contributed by atoms with Crippen LogP contribution in [0, 0.1) is 5.92 Å². The van der Waals surface area contributed by atoms with E-state index in [2.05, 4.69) is 9.97 Å². The van der Waals surface area contributed by atoms with Crippen LogP contribution < -0.4 is 9.47 Å². The number of hydrogen-bond acceptors (Lipinski definition) is 4. The summed E-state index contributed by atoms with van der Waals surface area (Å²) >= 11 is 0. The average molecular weight is 355 g/mol. The Labute approximate surface area is 153 Å². The fourth-order valence-electron chi connectivity index (χ4n) is 3.82. The molecule has 2 heterocycles. The molecule has 6 heteroatoms. The van der Waals surface area contributed by atoms with E-state index in [0.29, 0.717) is 24.0 Å². The van der Waals surface area contributed by atoms with E-state index in [9.17, 15) is 4.79 Å². The molecule has 1 fully saturated rings. The molecule has 26 heavy (non-hydrogen) atoms. The average Bonchev–Trinajstić information content (AvgIpc) is 3.20. The number of para-hydroxylation sites is 2. The molecule has 1 amide bonds. The molecule has 0 radical (unpaired) electrons. The number of carbonyl (C=O) groups excluding carboxylic acids is 1. The smallest absolute Gasteiger partial charge is 0.267 e. The summed E-state index contributed by atoms with van der Waals surface area (Å²) < 4.78 is 11.7. The summed E-state index contributed by atoms with van der Waals surface area (Å²) in [5, 5.41) is 0. The first-order valence-electron chi connectivity index (χ1n) is 9.45. The van der Waals surface area contributed by atoms with Crippen molar-refractivity contribution in [1.82, 2.24) is 14.9 Å². The van der Waals surface area contributed by atoms with Crippen LogP contribution in [0.3, 0.4) is 0 Å². The molecule has 1 unspecified atom stereocenters. The van der Waals surface area contributed by atoms with Crippen LogP contribution in [0.2, 0.25) is 0 Å². The fraction of sp³-hybridized carbons (Fsp3) is 0.500. The third-order valence-electron chi connectivity index (χ3n) is 5.19. The third-order valence-corrected chi connectivity index (χ3v) is 5.19. The summed E-state index contributed by atoms with van der Waals surface area (Å²) in [7, 11) is 0. The van der Waals surface area contributed by atoms with Gasteiger partial charge in [0, 0.05) is 18.9 Å². The lowest BCUT2D eigenvalue weighted by molar-refractivity contribution is -0.142. The SMILES string of the molecule is O=C(C1COc2ccccc2O1)N(Cc1ncc[nH]1)CC1CCCCC1. The van der Waals surface area contributed by atoms with Gasteiger partial charge in [0.05, 0.1) is 6.54 Å². The van der Waals surface area contributed by atoms with Gasteiger partial charge in [-0.1, -0.05) is 31.4 Å². The summed E-state index contributed by atoms with van der Waals surface area (Å²) in [6.45, 7) is 1.47. The summed E-state index contributed by atoms with van der Waals surface area (Å²) in [6.07, 6.45) is 9.08. The van der Waals surface area contributed by atoms with E-state index in [-0.39, 0.29) is 12.5 Å². The number of aromatic nitrogens is 2. The van der Waals surface area contributed by atoms with Gasteiger partial charge in [0.1, 0.15) is 12.4 Å². The van der Waals surface area contributed by atoms with E-state index >= 15 is 0 Å². The number of amides is 1. The Hall–Kier alpha value is -2.50. The van der Waals surface area contributed by atoms with Crippen LogP contribution in [0.1, 0.15) is 37.9 Å². The lowest BCUT2D eigenvalue weighted by Gasteiger charge is -2.33. The van der Waals surface area contributed by atoms with Crippen LogP contribution in [-0.2, 0) is 11.3 Å². The van der Waals surface area contributed by atoms with Crippen molar-refractivity contribution in [3.8, 4) is 11.5 Å². The lowest BCUT2D eigenvalue weighted by Crippen LogP contribution is -2.47. The molecular weight excluding hydrogens is 330 g/mol. The molecule has 1 saturated carbocycles. The van der Waals surface area contributed by atoms with Crippen molar-refractivity contribution in [2.75, 3.05) is 13.2 Å². The summed E-state index contributed by atoms with van der Waals surface area (Å²) in [5.74, 6) is 2.65. The quantitative estimate of drug-likeness (QED) is 0.895. The molecule has 138 valence electrons. The highest BCUT2D eigenvalue weighted by Gasteiger charge is 2.32. The molecular formula is C20H25N3O3. The zero-order chi connectivity index (χ0) is 17.8. The van der Waals surface area contributed by atoms with E-state index < -0.39 is 6.10 Å². The second-order valence-electron chi connectivity index (χ2n) is 7.12. The number of carbonyl (C=O) groups is 1. The number of H-pyrrole nitrogens is 1. The minimum Gasteiger partial charge on any atom is -0.485 e. The van der Waals surface area contributed by atoms with Crippen LogP contribution >= 0.6 is 0 Å². The minimum absolute atomic E-state index is 0.0264. The normalized spacial score (nSPS) is 19.9. The number of nitrogens with one attached hydrogen (secondary N) is 1. The molecule has 2 aliphatic rings. The van der Waals surface area contributed by atoms with Crippen molar-refractivity contribution in [2.45, 2.75) is 44.8 Å². The Morgan fingerprint density at radius 2 is 2.00 bits per heavy atom. The zero-order valence-electron chi connectivity index (χ0n) is 14.9. The van der Waals surface area contributed by atoms with E-state index in [4.69, 9.17) is 9.47 Å². The largest absolute Gasteiger partial charge is 0.485 e. The van der Waals surface area contributed by atoms with Gasteiger partial charge in [-0.15, -0.1) is 0 Å². The lowest BCUT2D eigenvalue weighted by atomic mass is 9.89. The molecule has 1 aliphatic carbocycles. The van der Waals surface area contributed by atoms with E-state index in [0.717, 1.165) is 12.4 Å². The molecule has 2 aromatic rings. The number of benzene rings is 1. The highest BCUT2D eigenvalue weighted by Crippen LogP contribution is 2.32. The van der Waals surface area contributed by atoms with Gasteiger partial charge in [0.15, 0.2) is 11.5 Å². The summed E-state index contributed by atoms with van der Waals surface area (Å²) in [5.41, 5.74) is 0. The van der Waals surface area contributed by atoms with Crippen molar-refractivity contribution in [2.24, 2.45) is 5.92 Å². The van der Waals surface area contributed by atoms with E-state index in [1.54, 1.807) is 12.4 Å². The van der Waals surface area contributed by atoms with E-state index in [1.165, 1.54) is 32.1 Å². The number of imidazole rings is 1. The molecule has 0 spiro atoms. The van der Waals surface area contributed by atoms with E-state index in [1.807, 2.05) is 29.2 Å². The Morgan fingerprint density at radius 1 is 1.19 bits per heavy atom. The topological polar surface area (TPSA) is 67.5 Å². The Kier molecular flexibility index (Phi) is 5.09. The second kappa shape index (κ2) is 7.81. The van der Waals surface area contributed by atoms with Crippen molar-refractivity contribution >= 4 is 5.91 Å². The summed E-state index contributed by atoms with van der Waals surface area (Å²) in [6, 6.07) is 7.49. The first kappa shape index (κ1) is 16.9. The van der Waals surface area contributed by atoms with Gasteiger partial charge < -0.3 is 19.4 Å². The molecule has 0 bridgehead atoms. The number of aromatic amines is 1. The molecule has 1 N–H and O–H groups in total. The second-order valence-corrected chi connectivity index (χ2v) is 7.12. The number of ether oxygens (including phenoxy) is 2. The molecule has 1 aromatic heterocycles. The first-order valence-corrected chi connectivity index (χ1v) is 9.45. The van der Waals surface area contributed by atoms with Crippen LogP contribution in [0.25, 0.3) is 0 Å². The van der Waals surface area contributed by atoms with Gasteiger partial charge in [-0.05, 0) is 30.9 Å². The van der Waals surface area contributed by atoms with Crippen molar-refractivity contribution in [3.63, 3.8) is 0 Å². The Morgan fingerprint density at radius 3 is 2.77 bits per heavy atom. The number of fused-ring (bicyclic) bond motifs is 1. The van der Waals surface area contributed by atoms with Gasteiger partial charge in [0.25, 0.3) is 5.91 Å². The molecule has 4 rings (SSSR count). The van der Waals surface area contributed by atoms with Gasteiger partial charge in [-0.2, -0.15) is 0 Å². The molecule has 1 aromatic carbocycles. The predicted octanol–water partition coefficient (Wildman–Crippen LogP) is 3.16. The van der Waals surface area contributed by atoms with Gasteiger partial charge in [0.2, 0.25) is 6.10 Å². The summed E-state index contributed by atoms with van der Waals surface area (Å²) in [4.78, 5) is 22.5.